The van der Waals surface area contributed by atoms with Crippen LogP contribution in [0.25, 0.3) is 0 Å². The van der Waals surface area contributed by atoms with E-state index in [1.54, 1.807) is 0 Å². The van der Waals surface area contributed by atoms with Gasteiger partial charge >= 0.3 is 0 Å². The Balaban J connectivity index is 2.06. The standard InChI is InChI=1S/C10H15N3O/c1-8-3-4-9(13-12-8)11-10(7-14)5-2-6-10/h3-4,14H,2,5-7H2,1H3,(H,11,13). The normalized spacial score (nSPS) is 18.7. The second-order valence-electron chi connectivity index (χ2n) is 3.98. The number of hydrogen-bond donors (Lipinski definition) is 2. The molecule has 0 bridgehead atoms. The van der Waals surface area contributed by atoms with Crippen molar-refractivity contribution in [2.75, 3.05) is 11.9 Å². The highest BCUT2D eigenvalue weighted by Gasteiger charge is 2.36. The van der Waals surface area contributed by atoms with E-state index in [4.69, 9.17) is 0 Å². The summed E-state index contributed by atoms with van der Waals surface area (Å²) in [6, 6.07) is 3.82. The first-order chi connectivity index (χ1) is 6.74. The van der Waals surface area contributed by atoms with Crippen LogP contribution in [-0.4, -0.2) is 27.4 Å². The Hall–Kier alpha value is -1.16. The lowest BCUT2D eigenvalue weighted by atomic mass is 9.77. The molecule has 14 heavy (non-hydrogen) atoms. The van der Waals surface area contributed by atoms with Crippen molar-refractivity contribution in [3.8, 4) is 0 Å². The van der Waals surface area contributed by atoms with E-state index in [2.05, 4.69) is 15.5 Å². The fourth-order valence-electron chi connectivity index (χ4n) is 1.66. The van der Waals surface area contributed by atoms with E-state index in [1.807, 2.05) is 19.1 Å². The van der Waals surface area contributed by atoms with E-state index in [0.717, 1.165) is 24.4 Å². The third-order valence-corrected chi connectivity index (χ3v) is 2.80. The molecule has 0 radical (unpaired) electrons. The minimum absolute atomic E-state index is 0.135. The molecule has 4 heteroatoms. The van der Waals surface area contributed by atoms with Crippen LogP contribution in [0.4, 0.5) is 5.82 Å². The van der Waals surface area contributed by atoms with E-state index >= 15 is 0 Å². The lowest BCUT2D eigenvalue weighted by Gasteiger charge is -2.41. The fraction of sp³-hybridized carbons (Fsp3) is 0.600. The number of anilines is 1. The van der Waals surface area contributed by atoms with Gasteiger partial charge in [0.05, 0.1) is 17.8 Å². The molecule has 76 valence electrons. The van der Waals surface area contributed by atoms with Crippen LogP contribution in [0.3, 0.4) is 0 Å². The van der Waals surface area contributed by atoms with Crippen LogP contribution in [0.2, 0.25) is 0 Å². The lowest BCUT2D eigenvalue weighted by molar-refractivity contribution is 0.143. The summed E-state index contributed by atoms with van der Waals surface area (Å²) in [5.41, 5.74) is 0.770. The first kappa shape index (κ1) is 9.40. The third-order valence-electron chi connectivity index (χ3n) is 2.80. The van der Waals surface area contributed by atoms with Crippen molar-refractivity contribution in [3.05, 3.63) is 17.8 Å². The molecule has 1 aliphatic carbocycles. The van der Waals surface area contributed by atoms with Crippen LogP contribution in [0.1, 0.15) is 25.0 Å². The molecule has 0 unspecified atom stereocenters. The number of nitrogens with zero attached hydrogens (tertiary/aromatic N) is 2. The van der Waals surface area contributed by atoms with Crippen LogP contribution in [0, 0.1) is 6.92 Å². The molecule has 1 saturated carbocycles. The second-order valence-corrected chi connectivity index (χ2v) is 3.98. The summed E-state index contributed by atoms with van der Waals surface area (Å²) < 4.78 is 0. The minimum atomic E-state index is -0.135. The van der Waals surface area contributed by atoms with E-state index in [9.17, 15) is 5.11 Å². The Bertz CT molecular complexity index is 300. The molecule has 2 rings (SSSR count). The fourth-order valence-corrected chi connectivity index (χ4v) is 1.66. The van der Waals surface area contributed by atoms with Gasteiger partial charge in [0.1, 0.15) is 5.82 Å². The topological polar surface area (TPSA) is 58.0 Å². The third kappa shape index (κ3) is 1.70. The van der Waals surface area contributed by atoms with Gasteiger partial charge in [0.25, 0.3) is 0 Å². The molecule has 4 nitrogen and oxygen atoms in total. The monoisotopic (exact) mass is 193 g/mol. The summed E-state index contributed by atoms with van der Waals surface area (Å²) in [6.45, 7) is 2.07. The Labute approximate surface area is 83.4 Å². The number of aliphatic hydroxyl groups excluding tert-OH is 1. The smallest absolute Gasteiger partial charge is 0.149 e. The first-order valence-corrected chi connectivity index (χ1v) is 4.93. The Morgan fingerprint density at radius 2 is 2.21 bits per heavy atom. The Morgan fingerprint density at radius 1 is 1.43 bits per heavy atom. The van der Waals surface area contributed by atoms with E-state index in [0.29, 0.717) is 0 Å². The van der Waals surface area contributed by atoms with Crippen molar-refractivity contribution in [2.45, 2.75) is 31.7 Å². The van der Waals surface area contributed by atoms with Gasteiger partial charge < -0.3 is 10.4 Å². The van der Waals surface area contributed by atoms with Gasteiger partial charge in [-0.1, -0.05) is 0 Å². The SMILES string of the molecule is Cc1ccc(NC2(CO)CCC2)nn1. The van der Waals surface area contributed by atoms with Crippen molar-refractivity contribution >= 4 is 5.82 Å². The molecular formula is C10H15N3O. The minimum Gasteiger partial charge on any atom is -0.394 e. The van der Waals surface area contributed by atoms with Gasteiger partial charge in [0.15, 0.2) is 0 Å². The molecule has 0 saturated heterocycles. The molecular weight excluding hydrogens is 178 g/mol. The molecule has 1 aliphatic rings. The van der Waals surface area contributed by atoms with Gasteiger partial charge in [-0.3, -0.25) is 0 Å². The maximum absolute atomic E-state index is 9.24. The lowest BCUT2D eigenvalue weighted by Crippen LogP contribution is -2.48. The van der Waals surface area contributed by atoms with Gasteiger partial charge in [0.2, 0.25) is 0 Å². The van der Waals surface area contributed by atoms with Crippen molar-refractivity contribution < 1.29 is 5.11 Å². The van der Waals surface area contributed by atoms with Crippen LogP contribution in [-0.2, 0) is 0 Å². The highest BCUT2D eigenvalue weighted by atomic mass is 16.3. The van der Waals surface area contributed by atoms with E-state index < -0.39 is 0 Å². The zero-order valence-corrected chi connectivity index (χ0v) is 8.32. The maximum Gasteiger partial charge on any atom is 0.149 e. The molecule has 1 aromatic rings. The van der Waals surface area contributed by atoms with Crippen molar-refractivity contribution in [1.82, 2.24) is 10.2 Å². The number of hydrogen-bond acceptors (Lipinski definition) is 4. The van der Waals surface area contributed by atoms with Gasteiger partial charge in [0, 0.05) is 0 Å². The summed E-state index contributed by atoms with van der Waals surface area (Å²) in [7, 11) is 0. The average Bonchev–Trinajstić information content (AvgIpc) is 2.15. The summed E-state index contributed by atoms with van der Waals surface area (Å²) in [6.07, 6.45) is 3.20. The molecule has 0 amide bonds. The Morgan fingerprint density at radius 3 is 2.64 bits per heavy atom. The average molecular weight is 193 g/mol. The van der Waals surface area contributed by atoms with E-state index in [-0.39, 0.29) is 12.1 Å². The van der Waals surface area contributed by atoms with Crippen molar-refractivity contribution in [2.24, 2.45) is 0 Å². The highest BCUT2D eigenvalue weighted by Crippen LogP contribution is 2.34. The predicted molar refractivity (Wildman–Crippen MR) is 54.1 cm³/mol. The first-order valence-electron chi connectivity index (χ1n) is 4.93. The van der Waals surface area contributed by atoms with Crippen LogP contribution in [0.15, 0.2) is 12.1 Å². The summed E-state index contributed by atoms with van der Waals surface area (Å²) in [5.74, 6) is 0.754. The maximum atomic E-state index is 9.24. The summed E-state index contributed by atoms with van der Waals surface area (Å²) >= 11 is 0. The van der Waals surface area contributed by atoms with Gasteiger partial charge in [-0.25, -0.2) is 0 Å². The van der Waals surface area contributed by atoms with Crippen LogP contribution in [0.5, 0.6) is 0 Å². The largest absolute Gasteiger partial charge is 0.394 e. The van der Waals surface area contributed by atoms with Crippen LogP contribution < -0.4 is 5.32 Å². The molecule has 0 aliphatic heterocycles. The molecule has 1 heterocycles. The zero-order chi connectivity index (χ0) is 10.0. The number of aromatic nitrogens is 2. The molecule has 0 spiro atoms. The molecule has 0 atom stereocenters. The molecule has 1 aromatic heterocycles. The Kier molecular flexibility index (Phi) is 2.37. The highest BCUT2D eigenvalue weighted by molar-refractivity contribution is 5.37. The van der Waals surface area contributed by atoms with Crippen molar-refractivity contribution in [1.29, 1.82) is 0 Å². The van der Waals surface area contributed by atoms with Crippen molar-refractivity contribution in [3.63, 3.8) is 0 Å². The van der Waals surface area contributed by atoms with E-state index in [1.165, 1.54) is 6.42 Å². The number of nitrogens with one attached hydrogen (secondary N) is 1. The predicted octanol–water partition coefficient (Wildman–Crippen LogP) is 1.11. The summed E-state index contributed by atoms with van der Waals surface area (Å²) in [4.78, 5) is 0. The second kappa shape index (κ2) is 3.53. The molecule has 0 aromatic carbocycles. The van der Waals surface area contributed by atoms with Crippen LogP contribution >= 0.6 is 0 Å². The molecule has 1 fully saturated rings. The summed E-state index contributed by atoms with van der Waals surface area (Å²) in [5, 5.41) is 20.5. The number of rotatable bonds is 3. The quantitative estimate of drug-likeness (QED) is 0.755. The number of aryl methyl sites for hydroxylation is 1. The molecule has 2 N–H and O–H groups in total. The zero-order valence-electron chi connectivity index (χ0n) is 8.32. The van der Waals surface area contributed by atoms with Gasteiger partial charge in [-0.2, -0.15) is 5.10 Å². The van der Waals surface area contributed by atoms with Gasteiger partial charge in [-0.05, 0) is 38.3 Å². The number of aliphatic hydroxyl groups is 1. The van der Waals surface area contributed by atoms with Gasteiger partial charge in [-0.15, -0.1) is 5.10 Å².